The molecule has 0 aliphatic carbocycles. The molecule has 2 aromatic heterocycles. The molecule has 11 heteroatoms. The summed E-state index contributed by atoms with van der Waals surface area (Å²) in [4.78, 5) is 16.8. The fraction of sp³-hybridized carbons (Fsp3) is 0.364. The van der Waals surface area contributed by atoms with Gasteiger partial charge in [0.2, 0.25) is 10.0 Å². The van der Waals surface area contributed by atoms with Gasteiger partial charge in [0.25, 0.3) is 5.91 Å². The number of benzene rings is 1. The third-order valence-electron chi connectivity index (χ3n) is 5.78. The van der Waals surface area contributed by atoms with E-state index in [4.69, 9.17) is 0 Å². The number of piperazine rings is 1. The maximum atomic E-state index is 14.3. The van der Waals surface area contributed by atoms with Crippen LogP contribution in [0.5, 0.6) is 0 Å². The molecule has 4 rings (SSSR count). The predicted molar refractivity (Wildman–Crippen MR) is 121 cm³/mol. The minimum atomic E-state index is -3.63. The number of sulfonamides is 1. The molecule has 1 fully saturated rings. The number of aromatic nitrogens is 2. The summed E-state index contributed by atoms with van der Waals surface area (Å²) in [6.45, 7) is 7.79. The first-order valence-electron chi connectivity index (χ1n) is 10.4. The second kappa shape index (κ2) is 8.62. The maximum Gasteiger partial charge on any atom is 0.257 e. The van der Waals surface area contributed by atoms with Gasteiger partial charge in [-0.2, -0.15) is 9.40 Å². The highest BCUT2D eigenvalue weighted by Crippen LogP contribution is 2.29. The minimum absolute atomic E-state index is 0.0494. The summed E-state index contributed by atoms with van der Waals surface area (Å²) in [5, 5.41) is 4.29. The fourth-order valence-electron chi connectivity index (χ4n) is 4.13. The van der Waals surface area contributed by atoms with Crippen LogP contribution in [0, 0.1) is 39.3 Å². The van der Waals surface area contributed by atoms with Gasteiger partial charge in [-0.1, -0.05) is 0 Å². The standard InChI is InChI=1S/C22H24F2N4O3S2/c1-13-11-20(16(4)32-13)33(30,31)27-9-7-26(8-10-27)22(29)21-14(2)25-28(15(21)3)19-6-5-17(23)12-18(19)24/h5-6,11-12H,7-10H2,1-4H3. The molecule has 1 aliphatic rings. The number of hydrogen-bond donors (Lipinski definition) is 0. The molecule has 1 saturated heterocycles. The van der Waals surface area contributed by atoms with Crippen molar-refractivity contribution < 1.29 is 22.0 Å². The molecule has 1 amide bonds. The van der Waals surface area contributed by atoms with Gasteiger partial charge in [-0.3, -0.25) is 4.79 Å². The Morgan fingerprint density at radius 1 is 1.03 bits per heavy atom. The number of nitrogens with zero attached hydrogens (tertiary/aromatic N) is 4. The molecule has 176 valence electrons. The summed E-state index contributed by atoms with van der Waals surface area (Å²) in [7, 11) is -3.63. The lowest BCUT2D eigenvalue weighted by atomic mass is 10.1. The Kier molecular flexibility index (Phi) is 6.14. The number of halogens is 2. The lowest BCUT2D eigenvalue weighted by Gasteiger charge is -2.34. The number of carbonyl (C=O) groups excluding carboxylic acids is 1. The van der Waals surface area contributed by atoms with Gasteiger partial charge in [0.15, 0.2) is 5.82 Å². The Morgan fingerprint density at radius 3 is 2.27 bits per heavy atom. The highest BCUT2D eigenvalue weighted by molar-refractivity contribution is 7.89. The average molecular weight is 495 g/mol. The maximum absolute atomic E-state index is 14.3. The highest BCUT2D eigenvalue weighted by atomic mass is 32.2. The summed E-state index contributed by atoms with van der Waals surface area (Å²) in [6, 6.07) is 4.86. The molecule has 7 nitrogen and oxygen atoms in total. The van der Waals surface area contributed by atoms with Gasteiger partial charge >= 0.3 is 0 Å². The molecular weight excluding hydrogens is 470 g/mol. The van der Waals surface area contributed by atoms with E-state index in [1.54, 1.807) is 31.7 Å². The van der Waals surface area contributed by atoms with Crippen molar-refractivity contribution in [3.05, 3.63) is 62.6 Å². The van der Waals surface area contributed by atoms with Crippen molar-refractivity contribution in [3.63, 3.8) is 0 Å². The van der Waals surface area contributed by atoms with Crippen molar-refractivity contribution in [1.82, 2.24) is 19.0 Å². The lowest BCUT2D eigenvalue weighted by Crippen LogP contribution is -2.50. The van der Waals surface area contributed by atoms with Crippen molar-refractivity contribution >= 4 is 27.3 Å². The van der Waals surface area contributed by atoms with Crippen molar-refractivity contribution in [2.45, 2.75) is 32.6 Å². The Morgan fingerprint density at radius 2 is 1.70 bits per heavy atom. The number of aryl methyl sites for hydroxylation is 3. The molecule has 0 radical (unpaired) electrons. The van der Waals surface area contributed by atoms with Gasteiger partial charge in [-0.15, -0.1) is 11.3 Å². The van der Waals surface area contributed by atoms with Crippen molar-refractivity contribution in [2.24, 2.45) is 0 Å². The third kappa shape index (κ3) is 4.20. The first-order valence-corrected chi connectivity index (χ1v) is 12.6. The number of rotatable bonds is 4. The van der Waals surface area contributed by atoms with Crippen molar-refractivity contribution in [2.75, 3.05) is 26.2 Å². The summed E-state index contributed by atoms with van der Waals surface area (Å²) in [6.07, 6.45) is 0. The molecule has 33 heavy (non-hydrogen) atoms. The number of hydrogen-bond acceptors (Lipinski definition) is 5. The lowest BCUT2D eigenvalue weighted by molar-refractivity contribution is 0.0696. The normalized spacial score (nSPS) is 15.3. The van der Waals surface area contributed by atoms with Crippen LogP contribution >= 0.6 is 11.3 Å². The smallest absolute Gasteiger partial charge is 0.257 e. The van der Waals surface area contributed by atoms with Gasteiger partial charge in [0.05, 0.1) is 21.8 Å². The SMILES string of the molecule is Cc1cc(S(=O)(=O)N2CCN(C(=O)c3c(C)nn(-c4ccc(F)cc4F)c3C)CC2)c(C)s1. The summed E-state index contributed by atoms with van der Waals surface area (Å²) in [5.74, 6) is -1.77. The highest BCUT2D eigenvalue weighted by Gasteiger charge is 2.33. The van der Waals surface area contributed by atoms with Gasteiger partial charge in [-0.25, -0.2) is 21.9 Å². The van der Waals surface area contributed by atoms with E-state index >= 15 is 0 Å². The van der Waals surface area contributed by atoms with E-state index < -0.39 is 21.7 Å². The van der Waals surface area contributed by atoms with E-state index in [2.05, 4.69) is 5.10 Å². The molecule has 1 aromatic carbocycles. The first kappa shape index (κ1) is 23.5. The van der Waals surface area contributed by atoms with Crippen LogP contribution in [0.1, 0.15) is 31.5 Å². The molecule has 3 aromatic rings. The van der Waals surface area contributed by atoms with Gasteiger partial charge < -0.3 is 4.90 Å². The predicted octanol–water partition coefficient (Wildman–Crippen LogP) is 3.59. The third-order valence-corrected chi connectivity index (χ3v) is 8.90. The number of carbonyl (C=O) groups is 1. The van der Waals surface area contributed by atoms with Crippen LogP contribution in [-0.2, 0) is 10.0 Å². The number of thiophene rings is 1. The summed E-state index contributed by atoms with van der Waals surface area (Å²) in [5.41, 5.74) is 1.23. The Labute approximate surface area is 195 Å². The van der Waals surface area contributed by atoms with Crippen molar-refractivity contribution in [1.29, 1.82) is 0 Å². The molecule has 0 bridgehead atoms. The second-order valence-electron chi connectivity index (χ2n) is 8.03. The molecule has 0 atom stereocenters. The quantitative estimate of drug-likeness (QED) is 0.556. The van der Waals surface area contributed by atoms with Crippen LogP contribution in [0.15, 0.2) is 29.2 Å². The zero-order chi connectivity index (χ0) is 24.1. The van der Waals surface area contributed by atoms with E-state index in [1.807, 2.05) is 6.92 Å². The Bertz CT molecular complexity index is 1340. The molecule has 0 spiro atoms. The first-order chi connectivity index (χ1) is 15.5. The van der Waals surface area contributed by atoms with E-state index in [0.29, 0.717) is 21.8 Å². The fourth-order valence-corrected chi connectivity index (χ4v) is 7.08. The van der Waals surface area contributed by atoms with Crippen molar-refractivity contribution in [3.8, 4) is 5.69 Å². The summed E-state index contributed by atoms with van der Waals surface area (Å²) < 4.78 is 56.4. The molecule has 1 aliphatic heterocycles. The molecule has 0 N–H and O–H groups in total. The number of amides is 1. The largest absolute Gasteiger partial charge is 0.336 e. The van der Waals surface area contributed by atoms with E-state index in [9.17, 15) is 22.0 Å². The van der Waals surface area contributed by atoms with Gasteiger partial charge in [0.1, 0.15) is 11.5 Å². The van der Waals surface area contributed by atoms with E-state index in [1.165, 1.54) is 26.4 Å². The van der Waals surface area contributed by atoms with E-state index in [0.717, 1.165) is 21.9 Å². The molecule has 0 saturated carbocycles. The zero-order valence-electron chi connectivity index (χ0n) is 18.7. The van der Waals surface area contributed by atoms with Crippen LogP contribution in [0.25, 0.3) is 5.69 Å². The van der Waals surface area contributed by atoms with Crippen LogP contribution in [0.2, 0.25) is 0 Å². The molecule has 0 unspecified atom stereocenters. The Hall–Kier alpha value is -2.63. The van der Waals surface area contributed by atoms with Crippen LogP contribution < -0.4 is 0 Å². The van der Waals surface area contributed by atoms with Crippen LogP contribution in [-0.4, -0.2) is 59.5 Å². The zero-order valence-corrected chi connectivity index (χ0v) is 20.4. The summed E-state index contributed by atoms with van der Waals surface area (Å²) >= 11 is 1.44. The van der Waals surface area contributed by atoms with E-state index in [-0.39, 0.29) is 37.8 Å². The average Bonchev–Trinajstić information content (AvgIpc) is 3.25. The van der Waals surface area contributed by atoms with Crippen LogP contribution in [0.3, 0.4) is 0 Å². The molecular formula is C22H24F2N4O3S2. The molecule has 3 heterocycles. The minimum Gasteiger partial charge on any atom is -0.336 e. The second-order valence-corrected chi connectivity index (χ2v) is 11.4. The van der Waals surface area contributed by atoms with Crippen LogP contribution in [0.4, 0.5) is 8.78 Å². The van der Waals surface area contributed by atoms with Gasteiger partial charge in [-0.05, 0) is 45.9 Å². The van der Waals surface area contributed by atoms with Gasteiger partial charge in [0, 0.05) is 42.0 Å². The Balaban J connectivity index is 1.54. The topological polar surface area (TPSA) is 75.5 Å². The monoisotopic (exact) mass is 494 g/mol.